The highest BCUT2D eigenvalue weighted by Crippen LogP contribution is 2.36. The van der Waals surface area contributed by atoms with Crippen LogP contribution in [0.1, 0.15) is 11.1 Å². The van der Waals surface area contributed by atoms with E-state index in [0.717, 1.165) is 28.0 Å². The Kier molecular flexibility index (Phi) is 5.95. The Hall–Kier alpha value is -3.32. The van der Waals surface area contributed by atoms with Crippen molar-refractivity contribution in [2.75, 3.05) is 20.8 Å². The Morgan fingerprint density at radius 2 is 1.74 bits per heavy atom. The molecule has 4 aromatic rings. The first-order chi connectivity index (χ1) is 15.0. The van der Waals surface area contributed by atoms with Crippen LogP contribution in [0.15, 0.2) is 52.9 Å². The van der Waals surface area contributed by atoms with E-state index in [-0.39, 0.29) is 5.56 Å². The monoisotopic (exact) mass is 436 g/mol. The Bertz CT molecular complexity index is 1270. The summed E-state index contributed by atoms with van der Waals surface area (Å²) < 4.78 is 18.2. The van der Waals surface area contributed by atoms with Crippen molar-refractivity contribution in [2.24, 2.45) is 0 Å². The number of ether oxygens (including phenoxy) is 3. The van der Waals surface area contributed by atoms with Crippen molar-refractivity contribution in [2.45, 2.75) is 20.4 Å². The number of methoxy groups -OCH3 is 2. The number of rotatable bonds is 7. The van der Waals surface area contributed by atoms with Gasteiger partial charge in [-0.25, -0.2) is 4.98 Å². The summed E-state index contributed by atoms with van der Waals surface area (Å²) in [6, 6.07) is 11.7. The van der Waals surface area contributed by atoms with Crippen LogP contribution in [0.4, 0.5) is 0 Å². The fourth-order valence-corrected chi connectivity index (χ4v) is 4.53. The van der Waals surface area contributed by atoms with E-state index in [1.165, 1.54) is 11.3 Å². The predicted molar refractivity (Wildman–Crippen MR) is 124 cm³/mol. The van der Waals surface area contributed by atoms with Gasteiger partial charge in [0.2, 0.25) is 0 Å². The first-order valence-corrected chi connectivity index (χ1v) is 10.8. The molecule has 0 aliphatic heterocycles. The second-order valence-corrected chi connectivity index (χ2v) is 8.17. The number of hydrogen-bond donors (Lipinski definition) is 0. The summed E-state index contributed by atoms with van der Waals surface area (Å²) >= 11 is 1.45. The quantitative estimate of drug-likeness (QED) is 0.415. The van der Waals surface area contributed by atoms with E-state index in [0.29, 0.717) is 34.9 Å². The van der Waals surface area contributed by atoms with Crippen molar-refractivity contribution >= 4 is 21.6 Å². The van der Waals surface area contributed by atoms with E-state index in [4.69, 9.17) is 14.2 Å². The van der Waals surface area contributed by atoms with Gasteiger partial charge in [-0.2, -0.15) is 0 Å². The second-order valence-electron chi connectivity index (χ2n) is 7.31. The second kappa shape index (κ2) is 8.81. The van der Waals surface area contributed by atoms with Crippen LogP contribution >= 0.6 is 11.3 Å². The van der Waals surface area contributed by atoms with Crippen molar-refractivity contribution < 1.29 is 14.2 Å². The van der Waals surface area contributed by atoms with Gasteiger partial charge >= 0.3 is 0 Å². The number of nitrogens with zero attached hydrogens (tertiary/aromatic N) is 2. The fraction of sp³-hybridized carbons (Fsp3) is 0.250. The first kappa shape index (κ1) is 20.9. The van der Waals surface area contributed by atoms with Gasteiger partial charge in [0.1, 0.15) is 17.2 Å². The highest BCUT2D eigenvalue weighted by molar-refractivity contribution is 7.17. The van der Waals surface area contributed by atoms with Gasteiger partial charge in [-0.15, -0.1) is 11.3 Å². The van der Waals surface area contributed by atoms with Crippen LogP contribution in [-0.4, -0.2) is 30.4 Å². The van der Waals surface area contributed by atoms with Crippen molar-refractivity contribution in [3.8, 4) is 28.4 Å². The zero-order valence-electron chi connectivity index (χ0n) is 18.0. The fourth-order valence-electron chi connectivity index (χ4n) is 3.62. The van der Waals surface area contributed by atoms with E-state index in [9.17, 15) is 4.79 Å². The zero-order valence-corrected chi connectivity index (χ0v) is 18.8. The molecule has 2 aromatic carbocycles. The van der Waals surface area contributed by atoms with Crippen LogP contribution in [0, 0.1) is 13.8 Å². The summed E-state index contributed by atoms with van der Waals surface area (Å²) in [5.41, 5.74) is 3.93. The van der Waals surface area contributed by atoms with Crippen LogP contribution in [-0.2, 0) is 6.54 Å². The van der Waals surface area contributed by atoms with Gasteiger partial charge < -0.3 is 14.2 Å². The average Bonchev–Trinajstić information content (AvgIpc) is 3.19. The van der Waals surface area contributed by atoms with E-state index in [2.05, 4.69) is 11.1 Å². The van der Waals surface area contributed by atoms with Gasteiger partial charge in [0.25, 0.3) is 5.56 Å². The van der Waals surface area contributed by atoms with Crippen molar-refractivity contribution in [1.82, 2.24) is 9.55 Å². The largest absolute Gasteiger partial charge is 0.493 e. The molecule has 0 saturated heterocycles. The van der Waals surface area contributed by atoms with Crippen LogP contribution < -0.4 is 19.8 Å². The minimum Gasteiger partial charge on any atom is -0.493 e. The molecule has 7 heteroatoms. The van der Waals surface area contributed by atoms with Gasteiger partial charge in [-0.05, 0) is 54.8 Å². The molecule has 160 valence electrons. The Labute approximate surface area is 184 Å². The molecule has 0 spiro atoms. The highest BCUT2D eigenvalue weighted by atomic mass is 32.1. The summed E-state index contributed by atoms with van der Waals surface area (Å²) in [6.45, 7) is 4.87. The summed E-state index contributed by atoms with van der Waals surface area (Å²) in [5, 5.41) is 2.56. The van der Waals surface area contributed by atoms with Gasteiger partial charge in [-0.3, -0.25) is 9.36 Å². The number of benzene rings is 2. The minimum absolute atomic E-state index is 0.0833. The summed E-state index contributed by atoms with van der Waals surface area (Å²) in [5.74, 6) is 2.07. The molecule has 0 aliphatic carbocycles. The lowest BCUT2D eigenvalue weighted by Gasteiger charge is -2.11. The topological polar surface area (TPSA) is 62.6 Å². The third kappa shape index (κ3) is 4.27. The third-order valence-corrected chi connectivity index (χ3v) is 5.94. The summed E-state index contributed by atoms with van der Waals surface area (Å²) in [6.07, 6.45) is 1.59. The summed E-state index contributed by atoms with van der Waals surface area (Å²) in [4.78, 5) is 18.4. The molecule has 0 saturated carbocycles. The molecule has 0 amide bonds. The molecule has 0 bridgehead atoms. The lowest BCUT2D eigenvalue weighted by Crippen LogP contribution is -2.23. The van der Waals surface area contributed by atoms with Gasteiger partial charge in [0.05, 0.1) is 32.5 Å². The van der Waals surface area contributed by atoms with Crippen molar-refractivity contribution in [1.29, 1.82) is 0 Å². The van der Waals surface area contributed by atoms with Crippen LogP contribution in [0.2, 0.25) is 0 Å². The number of hydrogen-bond acceptors (Lipinski definition) is 6. The molecule has 0 atom stereocenters. The molecule has 0 unspecified atom stereocenters. The standard InChI is InChI=1S/C24H24N2O4S/c1-15-9-16(2)11-18(10-15)30-8-7-26-14-25-23-22(24(26)27)19(13-31-23)17-5-6-20(28-3)21(12-17)29-4/h5-6,9-14H,7-8H2,1-4H3. The Morgan fingerprint density at radius 1 is 1.00 bits per heavy atom. The first-order valence-electron chi connectivity index (χ1n) is 9.90. The van der Waals surface area contributed by atoms with E-state index < -0.39 is 0 Å². The molecule has 4 rings (SSSR count). The van der Waals surface area contributed by atoms with E-state index in [1.807, 2.05) is 49.6 Å². The zero-order chi connectivity index (χ0) is 22.0. The lowest BCUT2D eigenvalue weighted by atomic mass is 10.1. The molecule has 2 aromatic heterocycles. The van der Waals surface area contributed by atoms with Crippen LogP contribution in [0.25, 0.3) is 21.3 Å². The van der Waals surface area contributed by atoms with Gasteiger partial charge in [0.15, 0.2) is 11.5 Å². The maximum atomic E-state index is 13.2. The van der Waals surface area contributed by atoms with Crippen LogP contribution in [0.5, 0.6) is 17.2 Å². The summed E-state index contributed by atoms with van der Waals surface area (Å²) in [7, 11) is 3.19. The maximum Gasteiger partial charge on any atom is 0.262 e. The maximum absolute atomic E-state index is 13.2. The number of thiophene rings is 1. The molecular weight excluding hydrogens is 412 g/mol. The lowest BCUT2D eigenvalue weighted by molar-refractivity contribution is 0.295. The molecule has 0 N–H and O–H groups in total. The molecular formula is C24H24N2O4S. The van der Waals surface area contributed by atoms with Gasteiger partial charge in [0, 0.05) is 10.9 Å². The SMILES string of the molecule is COc1ccc(-c2csc3ncn(CCOc4cc(C)cc(C)c4)c(=O)c23)cc1OC. The van der Waals surface area contributed by atoms with Crippen molar-refractivity contribution in [3.63, 3.8) is 0 Å². The smallest absolute Gasteiger partial charge is 0.262 e. The molecule has 0 aliphatic rings. The third-order valence-electron chi connectivity index (χ3n) is 5.05. The Balaban J connectivity index is 1.62. The molecule has 6 nitrogen and oxygen atoms in total. The number of fused-ring (bicyclic) bond motifs is 1. The molecule has 0 fully saturated rings. The van der Waals surface area contributed by atoms with Crippen molar-refractivity contribution in [3.05, 3.63) is 69.6 Å². The number of aryl methyl sites for hydroxylation is 2. The highest BCUT2D eigenvalue weighted by Gasteiger charge is 2.15. The normalized spacial score (nSPS) is 11.0. The number of aromatic nitrogens is 2. The molecule has 2 heterocycles. The predicted octanol–water partition coefficient (Wildman–Crippen LogP) is 4.84. The average molecular weight is 437 g/mol. The molecule has 0 radical (unpaired) electrons. The van der Waals surface area contributed by atoms with E-state index >= 15 is 0 Å². The Morgan fingerprint density at radius 3 is 2.45 bits per heavy atom. The van der Waals surface area contributed by atoms with E-state index in [1.54, 1.807) is 25.1 Å². The molecule has 31 heavy (non-hydrogen) atoms. The minimum atomic E-state index is -0.0833. The van der Waals surface area contributed by atoms with Crippen LogP contribution in [0.3, 0.4) is 0 Å². The van der Waals surface area contributed by atoms with Gasteiger partial charge in [-0.1, -0.05) is 12.1 Å².